The third-order valence-corrected chi connectivity index (χ3v) is 4.42. The maximum absolute atomic E-state index is 10.7. The molecule has 1 N–H and O–H groups in total. The lowest BCUT2D eigenvalue weighted by atomic mass is 10.1. The fourth-order valence-corrected chi connectivity index (χ4v) is 2.38. The van der Waals surface area contributed by atoms with Gasteiger partial charge in [0.15, 0.2) is 0 Å². The molecule has 0 fully saturated rings. The van der Waals surface area contributed by atoms with E-state index in [1.807, 2.05) is 43.4 Å². The van der Waals surface area contributed by atoms with Gasteiger partial charge in [-0.2, -0.15) is 0 Å². The highest BCUT2D eigenvalue weighted by atomic mass is 16.4. The summed E-state index contributed by atoms with van der Waals surface area (Å²) in [6.45, 7) is 14.1. The van der Waals surface area contributed by atoms with Crippen LogP contribution in [0.25, 0.3) is 0 Å². The number of carbonyl (C=O) groups is 1. The molecule has 2 nitrogen and oxygen atoms in total. The number of allylic oxidation sites excluding steroid dienone is 19. The van der Waals surface area contributed by atoms with Crippen molar-refractivity contribution in [3.63, 3.8) is 0 Å². The van der Waals surface area contributed by atoms with Crippen molar-refractivity contribution >= 4 is 5.97 Å². The van der Waals surface area contributed by atoms with Gasteiger partial charge in [-0.05, 0) is 61.3 Å². The largest absolute Gasteiger partial charge is 0.478 e. The Labute approximate surface area is 195 Å². The van der Waals surface area contributed by atoms with Crippen molar-refractivity contribution in [2.24, 2.45) is 0 Å². The number of hydrogen-bond donors (Lipinski definition) is 1. The summed E-state index contributed by atoms with van der Waals surface area (Å²) in [5.74, 6) is -0.899. The average molecular weight is 433 g/mol. The first-order valence-electron chi connectivity index (χ1n) is 11.0. The van der Waals surface area contributed by atoms with Gasteiger partial charge < -0.3 is 5.11 Å². The van der Waals surface area contributed by atoms with Crippen LogP contribution in [-0.4, -0.2) is 11.1 Å². The third-order valence-electron chi connectivity index (χ3n) is 4.42. The summed E-state index contributed by atoms with van der Waals surface area (Å²) in [5.41, 5.74) is 6.47. The van der Waals surface area contributed by atoms with Gasteiger partial charge >= 0.3 is 5.97 Å². The van der Waals surface area contributed by atoms with Gasteiger partial charge in [0.05, 0.1) is 0 Å². The topological polar surface area (TPSA) is 37.3 Å². The van der Waals surface area contributed by atoms with Gasteiger partial charge in [-0.25, -0.2) is 4.79 Å². The lowest BCUT2D eigenvalue weighted by Crippen LogP contribution is -1.94. The Morgan fingerprint density at radius 3 is 1.53 bits per heavy atom. The molecule has 2 heteroatoms. The minimum Gasteiger partial charge on any atom is -0.478 e. The van der Waals surface area contributed by atoms with Gasteiger partial charge in [0.2, 0.25) is 0 Å². The quantitative estimate of drug-likeness (QED) is 0.190. The maximum atomic E-state index is 10.7. The molecule has 0 amide bonds. The molecule has 0 aliphatic heterocycles. The van der Waals surface area contributed by atoms with E-state index in [-0.39, 0.29) is 0 Å². The fraction of sp³-hybridized carbons (Fsp3) is 0.300. The van der Waals surface area contributed by atoms with Gasteiger partial charge in [0, 0.05) is 5.57 Å². The van der Waals surface area contributed by atoms with Crippen molar-refractivity contribution in [2.75, 3.05) is 0 Å². The molecule has 0 spiro atoms. The van der Waals surface area contributed by atoms with E-state index in [0.29, 0.717) is 5.57 Å². The van der Waals surface area contributed by atoms with Crippen LogP contribution in [0.2, 0.25) is 0 Å². The second-order valence-corrected chi connectivity index (χ2v) is 8.18. The molecule has 0 aromatic carbocycles. The first-order valence-corrected chi connectivity index (χ1v) is 11.0. The highest BCUT2D eigenvalue weighted by Gasteiger charge is 1.95. The standard InChI is InChI=1S/C30H40O2/c1-24(2)14-10-17-27(5)20-11-18-25(3)15-8-9-16-26(4)19-12-21-28(6)22-13-23-29(7)30(31)32/h8-9,11-16,18-23H,10,17H2,1-7H3,(H,31,32). The van der Waals surface area contributed by atoms with Crippen molar-refractivity contribution in [3.05, 3.63) is 119 Å². The molecule has 0 unspecified atom stereocenters. The van der Waals surface area contributed by atoms with Gasteiger partial charge in [-0.3, -0.25) is 0 Å². The molecule has 0 heterocycles. The van der Waals surface area contributed by atoms with E-state index in [4.69, 9.17) is 5.11 Å². The van der Waals surface area contributed by atoms with Crippen LogP contribution in [0.3, 0.4) is 0 Å². The Hall–Kier alpha value is -3.13. The normalized spacial score (nSPS) is 15.0. The Morgan fingerprint density at radius 1 is 0.625 bits per heavy atom. The molecule has 0 saturated carbocycles. The first-order chi connectivity index (χ1) is 15.1. The van der Waals surface area contributed by atoms with E-state index in [2.05, 4.69) is 71.1 Å². The molecule has 0 radical (unpaired) electrons. The SMILES string of the molecule is CC(C)=CCCC(C)=CC=CC(C)=CC=CC=C(C)C=CC=C(C)C=CC=C(C)C(=O)O. The molecule has 0 aromatic rings. The van der Waals surface area contributed by atoms with E-state index in [0.717, 1.165) is 24.0 Å². The molecule has 0 bridgehead atoms. The first kappa shape index (κ1) is 28.9. The number of rotatable bonds is 12. The van der Waals surface area contributed by atoms with Crippen LogP contribution in [0, 0.1) is 0 Å². The molecule has 0 rings (SSSR count). The predicted molar refractivity (Wildman–Crippen MR) is 142 cm³/mol. The molecule has 0 aliphatic carbocycles. The zero-order chi connectivity index (χ0) is 24.4. The molecule has 0 saturated heterocycles. The summed E-state index contributed by atoms with van der Waals surface area (Å²) in [4.78, 5) is 10.7. The summed E-state index contributed by atoms with van der Waals surface area (Å²) in [7, 11) is 0. The van der Waals surface area contributed by atoms with E-state index in [1.54, 1.807) is 19.1 Å². The Kier molecular flexibility index (Phi) is 15.8. The van der Waals surface area contributed by atoms with Crippen molar-refractivity contribution in [2.45, 2.75) is 61.3 Å². The van der Waals surface area contributed by atoms with Crippen molar-refractivity contribution < 1.29 is 9.90 Å². The molecule has 0 aliphatic rings. The van der Waals surface area contributed by atoms with Crippen molar-refractivity contribution in [3.8, 4) is 0 Å². The maximum Gasteiger partial charge on any atom is 0.331 e. The zero-order valence-corrected chi connectivity index (χ0v) is 20.9. The van der Waals surface area contributed by atoms with Crippen LogP contribution in [0.4, 0.5) is 0 Å². The smallest absolute Gasteiger partial charge is 0.331 e. The van der Waals surface area contributed by atoms with E-state index in [9.17, 15) is 4.79 Å². The summed E-state index contributed by atoms with van der Waals surface area (Å²) in [6.07, 6.45) is 30.4. The van der Waals surface area contributed by atoms with Gasteiger partial charge in [-0.1, -0.05) is 113 Å². The van der Waals surface area contributed by atoms with Gasteiger partial charge in [0.1, 0.15) is 0 Å². The van der Waals surface area contributed by atoms with Crippen molar-refractivity contribution in [1.29, 1.82) is 0 Å². The molecule has 172 valence electrons. The Bertz CT molecular complexity index is 900. The lowest BCUT2D eigenvalue weighted by Gasteiger charge is -1.96. The predicted octanol–water partition coefficient (Wildman–Crippen LogP) is 8.77. The highest BCUT2D eigenvalue weighted by Crippen LogP contribution is 2.07. The van der Waals surface area contributed by atoms with E-state index < -0.39 is 5.97 Å². The highest BCUT2D eigenvalue weighted by molar-refractivity contribution is 5.86. The van der Waals surface area contributed by atoms with Crippen LogP contribution in [0.15, 0.2) is 119 Å². The number of carboxylic acids is 1. The molecule has 0 atom stereocenters. The molecular formula is C30H40O2. The van der Waals surface area contributed by atoms with Crippen molar-refractivity contribution in [1.82, 2.24) is 0 Å². The van der Waals surface area contributed by atoms with Crippen LogP contribution in [0.1, 0.15) is 61.3 Å². The summed E-state index contributed by atoms with van der Waals surface area (Å²) >= 11 is 0. The monoisotopic (exact) mass is 432 g/mol. The zero-order valence-electron chi connectivity index (χ0n) is 20.9. The van der Waals surface area contributed by atoms with Gasteiger partial charge in [-0.15, -0.1) is 0 Å². The lowest BCUT2D eigenvalue weighted by molar-refractivity contribution is -0.132. The van der Waals surface area contributed by atoms with Crippen LogP contribution in [0.5, 0.6) is 0 Å². The van der Waals surface area contributed by atoms with E-state index in [1.165, 1.54) is 16.7 Å². The molecule has 0 aromatic heterocycles. The Balaban J connectivity index is 4.65. The summed E-state index contributed by atoms with van der Waals surface area (Å²) in [5, 5.41) is 8.82. The molecular weight excluding hydrogens is 392 g/mol. The fourth-order valence-electron chi connectivity index (χ4n) is 2.38. The average Bonchev–Trinajstić information content (AvgIpc) is 2.70. The number of hydrogen-bond acceptors (Lipinski definition) is 1. The summed E-state index contributed by atoms with van der Waals surface area (Å²) < 4.78 is 0. The minimum absolute atomic E-state index is 0.316. The molecule has 32 heavy (non-hydrogen) atoms. The number of aliphatic carboxylic acids is 1. The minimum atomic E-state index is -0.899. The number of carboxylic acid groups (broad SMARTS) is 1. The van der Waals surface area contributed by atoms with Gasteiger partial charge in [0.25, 0.3) is 0 Å². The van der Waals surface area contributed by atoms with Crippen LogP contribution in [-0.2, 0) is 4.79 Å². The Morgan fingerprint density at radius 2 is 1.06 bits per heavy atom. The summed E-state index contributed by atoms with van der Waals surface area (Å²) in [6, 6.07) is 0. The third kappa shape index (κ3) is 17.7. The van der Waals surface area contributed by atoms with Crippen LogP contribution < -0.4 is 0 Å². The van der Waals surface area contributed by atoms with Crippen LogP contribution >= 0.6 is 0 Å². The second-order valence-electron chi connectivity index (χ2n) is 8.18. The second kappa shape index (κ2) is 17.5. The van der Waals surface area contributed by atoms with E-state index >= 15 is 0 Å².